The van der Waals surface area contributed by atoms with Crippen LogP contribution in [0.3, 0.4) is 0 Å². The van der Waals surface area contributed by atoms with Crippen LogP contribution in [0.5, 0.6) is 11.5 Å². The summed E-state index contributed by atoms with van der Waals surface area (Å²) in [4.78, 5) is 12.2. The van der Waals surface area contributed by atoms with Gasteiger partial charge in [-0.3, -0.25) is 9.36 Å². The molecule has 180 valence electrons. The highest BCUT2D eigenvalue weighted by Gasteiger charge is 2.42. The van der Waals surface area contributed by atoms with Crippen LogP contribution in [0.4, 0.5) is 0 Å². The van der Waals surface area contributed by atoms with Crippen LogP contribution in [0.25, 0.3) is 0 Å². The third kappa shape index (κ3) is 7.17. The summed E-state index contributed by atoms with van der Waals surface area (Å²) in [6, 6.07) is 15.6. The molecule has 0 bridgehead atoms. The average molecular weight is 474 g/mol. The van der Waals surface area contributed by atoms with E-state index in [2.05, 4.69) is 6.92 Å². The van der Waals surface area contributed by atoms with Crippen molar-refractivity contribution in [3.05, 3.63) is 54.6 Å². The van der Waals surface area contributed by atoms with Gasteiger partial charge in [0.2, 0.25) is 0 Å². The van der Waals surface area contributed by atoms with Crippen molar-refractivity contribution in [1.29, 1.82) is 0 Å². The molecule has 3 rings (SSSR count). The molecule has 0 spiro atoms. The lowest BCUT2D eigenvalue weighted by Crippen LogP contribution is -2.41. The SMILES string of the molecule is CCCCCCCCC(C(=O)O)N1CCCCOP1(=O)c1ccc(Oc2ccccc2)cc1. The number of para-hydroxylation sites is 1. The second kappa shape index (κ2) is 12.9. The number of nitrogens with zero attached hydrogens (tertiary/aromatic N) is 1. The Kier molecular flexibility index (Phi) is 9.98. The summed E-state index contributed by atoms with van der Waals surface area (Å²) in [6.07, 6.45) is 8.48. The molecule has 1 heterocycles. The molecular formula is C26H36NO5P. The van der Waals surface area contributed by atoms with Crippen molar-refractivity contribution in [3.8, 4) is 11.5 Å². The second-order valence-electron chi connectivity index (χ2n) is 8.54. The topological polar surface area (TPSA) is 76.1 Å². The first-order valence-corrected chi connectivity index (χ1v) is 13.7. The van der Waals surface area contributed by atoms with Crippen LogP contribution >= 0.6 is 7.52 Å². The van der Waals surface area contributed by atoms with Crippen LogP contribution < -0.4 is 10.0 Å². The smallest absolute Gasteiger partial charge is 0.321 e. The van der Waals surface area contributed by atoms with Crippen molar-refractivity contribution >= 4 is 18.8 Å². The summed E-state index contributed by atoms with van der Waals surface area (Å²) < 4.78 is 27.6. The fourth-order valence-corrected chi connectivity index (χ4v) is 6.66. The molecule has 33 heavy (non-hydrogen) atoms. The quantitative estimate of drug-likeness (QED) is 0.276. The van der Waals surface area contributed by atoms with E-state index in [1.807, 2.05) is 30.3 Å². The Morgan fingerprint density at radius 1 is 1.00 bits per heavy atom. The summed E-state index contributed by atoms with van der Waals surface area (Å²) in [7, 11) is -3.50. The number of hydrogen-bond donors (Lipinski definition) is 1. The second-order valence-corrected chi connectivity index (χ2v) is 10.9. The Morgan fingerprint density at radius 3 is 2.36 bits per heavy atom. The first kappa shape index (κ1) is 25.5. The third-order valence-corrected chi connectivity index (χ3v) is 8.64. The molecule has 7 heteroatoms. The highest BCUT2D eigenvalue weighted by atomic mass is 31.2. The predicted molar refractivity (Wildman–Crippen MR) is 132 cm³/mol. The minimum Gasteiger partial charge on any atom is -0.480 e. The van der Waals surface area contributed by atoms with Gasteiger partial charge in [0.25, 0.3) is 0 Å². The number of hydrogen-bond acceptors (Lipinski definition) is 4. The average Bonchev–Trinajstić information content (AvgIpc) is 3.02. The number of carbonyl (C=O) groups is 1. The molecule has 0 radical (unpaired) electrons. The maximum atomic E-state index is 14.2. The van der Waals surface area contributed by atoms with Crippen LogP contribution in [-0.2, 0) is 13.9 Å². The maximum absolute atomic E-state index is 14.2. The number of benzene rings is 2. The highest BCUT2D eigenvalue weighted by Crippen LogP contribution is 2.53. The van der Waals surface area contributed by atoms with Crippen LogP contribution in [0.15, 0.2) is 54.6 Å². The first-order chi connectivity index (χ1) is 16.0. The van der Waals surface area contributed by atoms with E-state index >= 15 is 0 Å². The Morgan fingerprint density at radius 2 is 1.67 bits per heavy atom. The van der Waals surface area contributed by atoms with Gasteiger partial charge in [0.1, 0.15) is 17.5 Å². The third-order valence-electron chi connectivity index (χ3n) is 6.00. The van der Waals surface area contributed by atoms with Crippen molar-refractivity contribution in [2.24, 2.45) is 0 Å². The minimum atomic E-state index is -3.50. The molecule has 0 aromatic heterocycles. The largest absolute Gasteiger partial charge is 0.480 e. The van der Waals surface area contributed by atoms with Gasteiger partial charge in [0.05, 0.1) is 11.9 Å². The Hall–Kier alpha value is -2.14. The molecule has 1 N–H and O–H groups in total. The van der Waals surface area contributed by atoms with Gasteiger partial charge in [-0.25, -0.2) is 4.67 Å². The van der Waals surface area contributed by atoms with Gasteiger partial charge in [0.15, 0.2) is 0 Å². The van der Waals surface area contributed by atoms with Crippen LogP contribution in [-0.4, -0.2) is 34.9 Å². The fourth-order valence-electron chi connectivity index (χ4n) is 4.18. The van der Waals surface area contributed by atoms with Gasteiger partial charge < -0.3 is 14.4 Å². The zero-order valence-corrected chi connectivity index (χ0v) is 20.4. The van der Waals surface area contributed by atoms with E-state index in [1.165, 1.54) is 19.3 Å². The van der Waals surface area contributed by atoms with Gasteiger partial charge in [-0.15, -0.1) is 0 Å². The molecule has 2 unspecified atom stereocenters. The number of ether oxygens (including phenoxy) is 1. The van der Waals surface area contributed by atoms with Crippen molar-refractivity contribution in [2.45, 2.75) is 70.8 Å². The number of rotatable bonds is 12. The van der Waals surface area contributed by atoms with Gasteiger partial charge in [-0.1, -0.05) is 63.6 Å². The van der Waals surface area contributed by atoms with Crippen molar-refractivity contribution in [2.75, 3.05) is 13.2 Å². The Labute approximate surface area is 197 Å². The lowest BCUT2D eigenvalue weighted by atomic mass is 10.1. The van der Waals surface area contributed by atoms with Gasteiger partial charge >= 0.3 is 13.5 Å². The first-order valence-electron chi connectivity index (χ1n) is 12.1. The minimum absolute atomic E-state index is 0.361. The van der Waals surface area contributed by atoms with E-state index in [9.17, 15) is 14.5 Å². The molecule has 6 nitrogen and oxygen atoms in total. The van der Waals surface area contributed by atoms with E-state index in [1.54, 1.807) is 28.9 Å². The van der Waals surface area contributed by atoms with Crippen molar-refractivity contribution < 1.29 is 23.7 Å². The zero-order valence-electron chi connectivity index (χ0n) is 19.5. The molecule has 2 aromatic carbocycles. The molecule has 2 atom stereocenters. The molecule has 1 fully saturated rings. The zero-order chi connectivity index (χ0) is 23.5. The fraction of sp³-hybridized carbons (Fsp3) is 0.500. The maximum Gasteiger partial charge on any atom is 0.321 e. The molecule has 1 aliphatic heterocycles. The van der Waals surface area contributed by atoms with Gasteiger partial charge in [0, 0.05) is 6.54 Å². The van der Waals surface area contributed by atoms with E-state index in [0.29, 0.717) is 36.4 Å². The lowest BCUT2D eigenvalue weighted by molar-refractivity contribution is -0.141. The van der Waals surface area contributed by atoms with Crippen LogP contribution in [0, 0.1) is 0 Å². The number of carboxylic acid groups (broad SMARTS) is 1. The van der Waals surface area contributed by atoms with E-state index in [0.717, 1.165) is 32.1 Å². The van der Waals surface area contributed by atoms with Gasteiger partial charge in [-0.2, -0.15) is 0 Å². The summed E-state index contributed by atoms with van der Waals surface area (Å²) in [5.74, 6) is 0.409. The number of unbranched alkanes of at least 4 members (excludes halogenated alkanes) is 5. The van der Waals surface area contributed by atoms with Gasteiger partial charge in [-0.05, 0) is 55.7 Å². The summed E-state index contributed by atoms with van der Waals surface area (Å²) in [6.45, 7) is 2.99. The molecule has 0 aliphatic carbocycles. The lowest BCUT2D eigenvalue weighted by Gasteiger charge is -2.33. The molecule has 1 aliphatic rings. The molecular weight excluding hydrogens is 437 g/mol. The van der Waals surface area contributed by atoms with Crippen LogP contribution in [0.1, 0.15) is 64.7 Å². The summed E-state index contributed by atoms with van der Waals surface area (Å²) in [5.41, 5.74) is 0. The molecule has 0 saturated carbocycles. The molecule has 0 amide bonds. The number of aliphatic carboxylic acids is 1. The standard InChI is InChI=1S/C26H36NO5P/c1-2-3-4-5-6-10-15-25(26(28)29)27-20-11-12-21-31-33(27,30)24-18-16-23(17-19-24)32-22-13-8-7-9-14-22/h7-9,13-14,16-19,25H,2-6,10-12,15,20-21H2,1H3,(H,28,29). The highest BCUT2D eigenvalue weighted by molar-refractivity contribution is 7.64. The van der Waals surface area contributed by atoms with E-state index < -0.39 is 19.5 Å². The van der Waals surface area contributed by atoms with Crippen molar-refractivity contribution in [1.82, 2.24) is 4.67 Å². The Bertz CT molecular complexity index is 903. The van der Waals surface area contributed by atoms with E-state index in [4.69, 9.17) is 9.26 Å². The predicted octanol–water partition coefficient (Wildman–Crippen LogP) is 6.61. The summed E-state index contributed by atoms with van der Waals surface area (Å²) in [5, 5.41) is 10.5. The number of carboxylic acids is 1. The summed E-state index contributed by atoms with van der Waals surface area (Å²) >= 11 is 0. The Balaban J connectivity index is 1.75. The molecule has 2 aromatic rings. The van der Waals surface area contributed by atoms with Crippen molar-refractivity contribution in [3.63, 3.8) is 0 Å². The normalized spacial score (nSPS) is 20.2. The van der Waals surface area contributed by atoms with Crippen LogP contribution in [0.2, 0.25) is 0 Å². The van der Waals surface area contributed by atoms with E-state index in [-0.39, 0.29) is 0 Å². The monoisotopic (exact) mass is 473 g/mol. The molecule has 1 saturated heterocycles.